The van der Waals surface area contributed by atoms with Crippen LogP contribution in [0.5, 0.6) is 5.75 Å². The van der Waals surface area contributed by atoms with Crippen LogP contribution in [-0.4, -0.2) is 32.6 Å². The maximum atomic E-state index is 12.2. The van der Waals surface area contributed by atoms with Gasteiger partial charge in [-0.3, -0.25) is 9.36 Å². The fourth-order valence-corrected chi connectivity index (χ4v) is 3.61. The van der Waals surface area contributed by atoms with Crippen LogP contribution in [0.25, 0.3) is 0 Å². The Morgan fingerprint density at radius 2 is 1.96 bits per heavy atom. The van der Waals surface area contributed by atoms with Gasteiger partial charge in [-0.05, 0) is 43.5 Å². The smallest absolute Gasteiger partial charge is 0.370 e. The first-order chi connectivity index (χ1) is 11.4. The molecule has 0 radical (unpaired) electrons. The molecule has 24 heavy (non-hydrogen) atoms. The highest BCUT2D eigenvalue weighted by molar-refractivity contribution is 7.54. The van der Waals surface area contributed by atoms with E-state index in [-0.39, 0.29) is 6.42 Å². The molecule has 0 aromatic heterocycles. The number of esters is 1. The Morgan fingerprint density at radius 3 is 2.50 bits per heavy atom. The normalized spacial score (nSPS) is 12.7. The van der Waals surface area contributed by atoms with Gasteiger partial charge in [0.1, 0.15) is 5.75 Å². The van der Waals surface area contributed by atoms with Crippen LogP contribution < -0.4 is 4.74 Å². The maximum absolute atomic E-state index is 12.2. The Hall–Kier alpha value is -1.07. The molecule has 0 aliphatic carbocycles. The van der Waals surface area contributed by atoms with Gasteiger partial charge in [0, 0.05) is 25.7 Å². The molecule has 1 rings (SSSR count). The van der Waals surface area contributed by atoms with Gasteiger partial charge < -0.3 is 18.5 Å². The SMILES string of the molecule is CCC(OC(=O)CCCOc1ccc(Cl)cc1C)P(=O)(OC)OC. The van der Waals surface area contributed by atoms with E-state index in [1.54, 1.807) is 19.1 Å². The lowest BCUT2D eigenvalue weighted by Gasteiger charge is -2.23. The quantitative estimate of drug-likeness (QED) is 0.337. The van der Waals surface area contributed by atoms with Gasteiger partial charge in [0.15, 0.2) is 0 Å². The van der Waals surface area contributed by atoms with Crippen LogP contribution >= 0.6 is 19.2 Å². The van der Waals surface area contributed by atoms with E-state index in [4.69, 9.17) is 30.1 Å². The molecule has 8 heteroatoms. The van der Waals surface area contributed by atoms with Crippen molar-refractivity contribution in [2.75, 3.05) is 20.8 Å². The molecule has 136 valence electrons. The molecular formula is C16H24ClO6P. The summed E-state index contributed by atoms with van der Waals surface area (Å²) in [5, 5.41) is 0.648. The van der Waals surface area contributed by atoms with E-state index in [0.717, 1.165) is 11.3 Å². The maximum Gasteiger partial charge on any atom is 0.370 e. The Labute approximate surface area is 147 Å². The number of rotatable bonds is 10. The predicted molar refractivity (Wildman–Crippen MR) is 92.7 cm³/mol. The van der Waals surface area contributed by atoms with E-state index in [2.05, 4.69) is 0 Å². The summed E-state index contributed by atoms with van der Waals surface area (Å²) < 4.78 is 32.8. The first-order valence-corrected chi connectivity index (χ1v) is 9.64. The van der Waals surface area contributed by atoms with Crippen molar-refractivity contribution < 1.29 is 27.9 Å². The molecule has 6 nitrogen and oxygen atoms in total. The zero-order valence-corrected chi connectivity index (χ0v) is 16.1. The van der Waals surface area contributed by atoms with Crippen molar-refractivity contribution in [2.45, 2.75) is 39.0 Å². The zero-order valence-electron chi connectivity index (χ0n) is 14.4. The number of hydrogen-bond donors (Lipinski definition) is 0. The van der Waals surface area contributed by atoms with Crippen molar-refractivity contribution in [3.63, 3.8) is 0 Å². The third-order valence-electron chi connectivity index (χ3n) is 3.40. The first kappa shape index (κ1) is 21.0. The summed E-state index contributed by atoms with van der Waals surface area (Å²) in [5.74, 6) is -0.644. The fourth-order valence-electron chi connectivity index (χ4n) is 2.07. The summed E-state index contributed by atoms with van der Waals surface area (Å²) in [6.45, 7) is 4.00. The molecule has 0 N–H and O–H groups in total. The monoisotopic (exact) mass is 378 g/mol. The number of carbonyl (C=O) groups is 1. The number of ether oxygens (including phenoxy) is 2. The molecule has 0 saturated heterocycles. The lowest BCUT2D eigenvalue weighted by atomic mass is 10.2. The zero-order chi connectivity index (χ0) is 18.2. The van der Waals surface area contributed by atoms with E-state index in [0.29, 0.717) is 24.5 Å². The molecule has 0 fully saturated rings. The van der Waals surface area contributed by atoms with Crippen LogP contribution in [-0.2, 0) is 23.1 Å². The molecule has 0 heterocycles. The Morgan fingerprint density at radius 1 is 1.29 bits per heavy atom. The average molecular weight is 379 g/mol. The third kappa shape index (κ3) is 6.10. The molecule has 1 aromatic carbocycles. The Kier molecular flexibility index (Phi) is 8.78. The van der Waals surface area contributed by atoms with Crippen LogP contribution in [0.2, 0.25) is 5.02 Å². The van der Waals surface area contributed by atoms with Crippen molar-refractivity contribution in [3.8, 4) is 5.75 Å². The van der Waals surface area contributed by atoms with Gasteiger partial charge in [0.2, 0.25) is 5.85 Å². The summed E-state index contributed by atoms with van der Waals surface area (Å²) in [5.41, 5.74) is 0.928. The van der Waals surface area contributed by atoms with Crippen LogP contribution in [0.15, 0.2) is 18.2 Å². The minimum atomic E-state index is -3.43. The molecule has 1 unspecified atom stereocenters. The van der Waals surface area contributed by atoms with Crippen molar-refractivity contribution in [2.24, 2.45) is 0 Å². The van der Waals surface area contributed by atoms with E-state index < -0.39 is 19.4 Å². The highest BCUT2D eigenvalue weighted by Crippen LogP contribution is 2.53. The topological polar surface area (TPSA) is 71.1 Å². The summed E-state index contributed by atoms with van der Waals surface area (Å²) >= 11 is 5.88. The molecular weight excluding hydrogens is 355 g/mol. The largest absolute Gasteiger partial charge is 0.493 e. The molecule has 0 aliphatic rings. The minimum absolute atomic E-state index is 0.149. The highest BCUT2D eigenvalue weighted by atomic mass is 35.5. The fraction of sp³-hybridized carbons (Fsp3) is 0.562. The van der Waals surface area contributed by atoms with Gasteiger partial charge >= 0.3 is 13.6 Å². The van der Waals surface area contributed by atoms with Crippen molar-refractivity contribution in [1.82, 2.24) is 0 Å². The second-order valence-electron chi connectivity index (χ2n) is 5.12. The van der Waals surface area contributed by atoms with E-state index in [1.807, 2.05) is 13.0 Å². The second-order valence-corrected chi connectivity index (χ2v) is 7.94. The number of aryl methyl sites for hydroxylation is 1. The number of benzene rings is 1. The molecule has 0 amide bonds. The van der Waals surface area contributed by atoms with Gasteiger partial charge in [0.05, 0.1) is 6.61 Å². The first-order valence-electron chi connectivity index (χ1n) is 7.66. The minimum Gasteiger partial charge on any atom is -0.493 e. The molecule has 1 atom stereocenters. The van der Waals surface area contributed by atoms with Crippen LogP contribution in [0, 0.1) is 6.92 Å². The molecule has 0 spiro atoms. The number of halogens is 1. The third-order valence-corrected chi connectivity index (χ3v) is 5.83. The molecule has 0 bridgehead atoms. The van der Waals surface area contributed by atoms with Crippen LogP contribution in [0.1, 0.15) is 31.7 Å². The Balaban J connectivity index is 2.42. The summed E-state index contributed by atoms with van der Waals surface area (Å²) in [4.78, 5) is 11.9. The summed E-state index contributed by atoms with van der Waals surface area (Å²) in [6, 6.07) is 5.34. The Bertz CT molecular complexity index is 584. The van der Waals surface area contributed by atoms with E-state index in [9.17, 15) is 9.36 Å². The molecule has 1 aromatic rings. The van der Waals surface area contributed by atoms with Crippen molar-refractivity contribution in [1.29, 1.82) is 0 Å². The van der Waals surface area contributed by atoms with Gasteiger partial charge in [-0.2, -0.15) is 0 Å². The van der Waals surface area contributed by atoms with Crippen LogP contribution in [0.4, 0.5) is 0 Å². The summed E-state index contributed by atoms with van der Waals surface area (Å²) in [6.07, 6.45) is 0.962. The number of hydrogen-bond acceptors (Lipinski definition) is 6. The van der Waals surface area contributed by atoms with E-state index in [1.165, 1.54) is 14.2 Å². The van der Waals surface area contributed by atoms with Crippen LogP contribution in [0.3, 0.4) is 0 Å². The lowest BCUT2D eigenvalue weighted by Crippen LogP contribution is -2.19. The average Bonchev–Trinajstić information content (AvgIpc) is 2.57. The number of carbonyl (C=O) groups excluding carboxylic acids is 1. The van der Waals surface area contributed by atoms with Gasteiger partial charge in [-0.15, -0.1) is 0 Å². The van der Waals surface area contributed by atoms with E-state index >= 15 is 0 Å². The summed E-state index contributed by atoms with van der Waals surface area (Å²) in [7, 11) is -0.896. The second kappa shape index (κ2) is 10.0. The van der Waals surface area contributed by atoms with Crippen molar-refractivity contribution >= 4 is 25.2 Å². The predicted octanol–water partition coefficient (Wildman–Crippen LogP) is 4.57. The van der Waals surface area contributed by atoms with Gasteiger partial charge in [-0.25, -0.2) is 0 Å². The molecule has 0 aliphatic heterocycles. The highest BCUT2D eigenvalue weighted by Gasteiger charge is 2.35. The standard InChI is InChI=1S/C16H24ClO6P/c1-5-16(24(19,20-3)21-4)23-15(18)7-6-10-22-14-9-8-13(17)11-12(14)2/h8-9,11,16H,5-7,10H2,1-4H3. The lowest BCUT2D eigenvalue weighted by molar-refractivity contribution is -0.146. The van der Waals surface area contributed by atoms with Crippen molar-refractivity contribution in [3.05, 3.63) is 28.8 Å². The van der Waals surface area contributed by atoms with Gasteiger partial charge in [0.25, 0.3) is 0 Å². The molecule has 0 saturated carbocycles. The van der Waals surface area contributed by atoms with Gasteiger partial charge in [-0.1, -0.05) is 18.5 Å².